The molecule has 0 aliphatic carbocycles. The Kier molecular flexibility index (Phi) is 8.84. The van der Waals surface area contributed by atoms with Crippen LogP contribution in [0.2, 0.25) is 0 Å². The van der Waals surface area contributed by atoms with Crippen LogP contribution < -0.4 is 9.47 Å². The summed E-state index contributed by atoms with van der Waals surface area (Å²) in [5.74, 6) is 2.53. The fourth-order valence-corrected chi connectivity index (χ4v) is 5.82. The highest BCUT2D eigenvalue weighted by Gasteiger charge is 2.40. The summed E-state index contributed by atoms with van der Waals surface area (Å²) in [6.45, 7) is 7.86. The van der Waals surface area contributed by atoms with Crippen LogP contribution in [0.4, 0.5) is 0 Å². The van der Waals surface area contributed by atoms with Crippen LogP contribution in [0.25, 0.3) is 11.1 Å². The highest BCUT2D eigenvalue weighted by atomic mass is 16.5. The fourth-order valence-electron chi connectivity index (χ4n) is 5.82. The second-order valence-corrected chi connectivity index (χ2v) is 12.6. The lowest BCUT2D eigenvalue weighted by Crippen LogP contribution is -2.32. The van der Waals surface area contributed by atoms with Crippen molar-refractivity contribution in [1.29, 1.82) is 0 Å². The van der Waals surface area contributed by atoms with Crippen LogP contribution in [0.5, 0.6) is 11.5 Å². The molecule has 0 radical (unpaired) electrons. The van der Waals surface area contributed by atoms with E-state index in [1.807, 2.05) is 42.7 Å². The number of H-pyrrole nitrogens is 1. The molecule has 45 heavy (non-hydrogen) atoms. The normalized spacial score (nSPS) is 11.7. The molecule has 0 unspecified atom stereocenters. The SMILES string of the molecule is CC(C)(C)CCOc1ccc(OCc2ccccc2)cc1-c1ccc(C(c2ccccc2)(c2ccccc2)c2ncc[nH]2)cc1. The molecule has 226 valence electrons. The van der Waals surface area contributed by atoms with Gasteiger partial charge in [0.15, 0.2) is 0 Å². The zero-order valence-corrected chi connectivity index (χ0v) is 26.2. The number of imidazole rings is 1. The maximum Gasteiger partial charge on any atom is 0.127 e. The van der Waals surface area contributed by atoms with Crippen molar-refractivity contribution in [3.05, 3.63) is 174 Å². The van der Waals surface area contributed by atoms with Gasteiger partial charge in [0.25, 0.3) is 0 Å². The molecule has 0 bridgehead atoms. The Morgan fingerprint density at radius 1 is 0.644 bits per heavy atom. The standard InChI is InChI=1S/C41H40N2O2/c1-40(2,3)25-28-44-38-24-23-36(45-30-31-13-7-4-8-14-31)29-37(38)32-19-21-35(22-20-32)41(39-42-26-27-43-39,33-15-9-5-10-16-33)34-17-11-6-12-18-34/h4-24,26-27,29H,25,28,30H2,1-3H3,(H,42,43). The van der Waals surface area contributed by atoms with E-state index in [4.69, 9.17) is 14.5 Å². The molecule has 0 aliphatic rings. The van der Waals surface area contributed by atoms with E-state index in [2.05, 4.69) is 129 Å². The van der Waals surface area contributed by atoms with Crippen molar-refractivity contribution < 1.29 is 9.47 Å². The average Bonchev–Trinajstić information content (AvgIpc) is 3.61. The molecule has 0 fully saturated rings. The molecule has 6 rings (SSSR count). The van der Waals surface area contributed by atoms with E-state index in [-0.39, 0.29) is 5.41 Å². The number of nitrogens with zero attached hydrogens (tertiary/aromatic N) is 1. The van der Waals surface area contributed by atoms with E-state index in [0.717, 1.165) is 57.1 Å². The Hall–Kier alpha value is -5.09. The zero-order chi connectivity index (χ0) is 31.1. The van der Waals surface area contributed by atoms with E-state index in [0.29, 0.717) is 13.2 Å². The van der Waals surface area contributed by atoms with Crippen LogP contribution in [-0.4, -0.2) is 16.6 Å². The van der Waals surface area contributed by atoms with Crippen molar-refractivity contribution in [3.8, 4) is 22.6 Å². The Morgan fingerprint density at radius 2 is 1.24 bits per heavy atom. The third-order valence-electron chi connectivity index (χ3n) is 8.20. The van der Waals surface area contributed by atoms with Crippen LogP contribution in [0.15, 0.2) is 146 Å². The summed E-state index contributed by atoms with van der Waals surface area (Å²) in [6, 6.07) is 46.4. The molecule has 0 amide bonds. The van der Waals surface area contributed by atoms with Crippen molar-refractivity contribution in [3.63, 3.8) is 0 Å². The summed E-state index contributed by atoms with van der Waals surface area (Å²) in [7, 11) is 0. The predicted octanol–water partition coefficient (Wildman–Crippen LogP) is 9.85. The molecule has 4 nitrogen and oxygen atoms in total. The first-order valence-electron chi connectivity index (χ1n) is 15.6. The quantitative estimate of drug-likeness (QED) is 0.152. The van der Waals surface area contributed by atoms with Gasteiger partial charge in [0.2, 0.25) is 0 Å². The maximum absolute atomic E-state index is 6.41. The lowest BCUT2D eigenvalue weighted by Gasteiger charge is -2.34. The summed E-state index contributed by atoms with van der Waals surface area (Å²) in [6.07, 6.45) is 4.68. The Bertz CT molecular complexity index is 1740. The van der Waals surface area contributed by atoms with Crippen molar-refractivity contribution in [2.75, 3.05) is 6.61 Å². The predicted molar refractivity (Wildman–Crippen MR) is 183 cm³/mol. The molecular formula is C41H40N2O2. The zero-order valence-electron chi connectivity index (χ0n) is 26.2. The largest absolute Gasteiger partial charge is 0.493 e. The summed E-state index contributed by atoms with van der Waals surface area (Å²) in [5.41, 5.74) is 6.15. The van der Waals surface area contributed by atoms with E-state index in [1.54, 1.807) is 0 Å². The van der Waals surface area contributed by atoms with E-state index in [1.165, 1.54) is 0 Å². The van der Waals surface area contributed by atoms with Gasteiger partial charge in [0.05, 0.1) is 6.61 Å². The van der Waals surface area contributed by atoms with Gasteiger partial charge in [-0.25, -0.2) is 4.98 Å². The molecule has 0 spiro atoms. The van der Waals surface area contributed by atoms with Crippen LogP contribution in [0, 0.1) is 5.41 Å². The Balaban J connectivity index is 1.42. The Morgan fingerprint density at radius 3 is 1.82 bits per heavy atom. The van der Waals surface area contributed by atoms with Crippen LogP contribution in [0.1, 0.15) is 55.3 Å². The second-order valence-electron chi connectivity index (χ2n) is 12.6. The molecule has 5 aromatic carbocycles. The highest BCUT2D eigenvalue weighted by Crippen LogP contribution is 2.44. The lowest BCUT2D eigenvalue weighted by atomic mass is 9.68. The van der Waals surface area contributed by atoms with Gasteiger partial charge < -0.3 is 14.5 Å². The summed E-state index contributed by atoms with van der Waals surface area (Å²) < 4.78 is 12.7. The molecule has 0 saturated carbocycles. The third kappa shape index (κ3) is 6.71. The van der Waals surface area contributed by atoms with E-state index >= 15 is 0 Å². The number of hydrogen-bond donors (Lipinski definition) is 1. The number of benzene rings is 5. The van der Waals surface area contributed by atoms with Crippen molar-refractivity contribution in [2.45, 2.75) is 39.2 Å². The smallest absolute Gasteiger partial charge is 0.127 e. The van der Waals surface area contributed by atoms with E-state index < -0.39 is 5.41 Å². The van der Waals surface area contributed by atoms with Gasteiger partial charge in [-0.2, -0.15) is 0 Å². The monoisotopic (exact) mass is 592 g/mol. The number of aromatic nitrogens is 2. The first-order valence-corrected chi connectivity index (χ1v) is 15.6. The summed E-state index contributed by atoms with van der Waals surface area (Å²) in [5, 5.41) is 0. The fraction of sp³-hybridized carbons (Fsp3) is 0.195. The Labute approximate surface area is 266 Å². The van der Waals surface area contributed by atoms with Crippen molar-refractivity contribution in [1.82, 2.24) is 9.97 Å². The molecule has 1 heterocycles. The number of hydrogen-bond acceptors (Lipinski definition) is 3. The molecule has 1 N–H and O–H groups in total. The molecule has 4 heteroatoms. The molecular weight excluding hydrogens is 552 g/mol. The minimum Gasteiger partial charge on any atom is -0.493 e. The van der Waals surface area contributed by atoms with Gasteiger partial charge in [-0.3, -0.25) is 0 Å². The number of rotatable bonds is 11. The van der Waals surface area contributed by atoms with Gasteiger partial charge in [0.1, 0.15) is 29.3 Å². The van der Waals surface area contributed by atoms with Crippen molar-refractivity contribution in [2.24, 2.45) is 5.41 Å². The first kappa shape index (κ1) is 30.0. The molecule has 1 aromatic heterocycles. The van der Waals surface area contributed by atoms with Crippen LogP contribution in [0.3, 0.4) is 0 Å². The van der Waals surface area contributed by atoms with Gasteiger partial charge in [0, 0.05) is 18.0 Å². The molecule has 0 atom stereocenters. The minimum absolute atomic E-state index is 0.185. The number of ether oxygens (including phenoxy) is 2. The van der Waals surface area contributed by atoms with E-state index in [9.17, 15) is 0 Å². The molecule has 0 saturated heterocycles. The van der Waals surface area contributed by atoms with Gasteiger partial charge in [-0.15, -0.1) is 0 Å². The lowest BCUT2D eigenvalue weighted by molar-refractivity contribution is 0.243. The second kappa shape index (κ2) is 13.3. The molecule has 6 aromatic rings. The van der Waals surface area contributed by atoms with Crippen molar-refractivity contribution >= 4 is 0 Å². The van der Waals surface area contributed by atoms with Crippen LogP contribution >= 0.6 is 0 Å². The summed E-state index contributed by atoms with van der Waals surface area (Å²) >= 11 is 0. The number of aromatic amines is 1. The topological polar surface area (TPSA) is 47.1 Å². The minimum atomic E-state index is -0.628. The molecule has 0 aliphatic heterocycles. The van der Waals surface area contributed by atoms with Gasteiger partial charge >= 0.3 is 0 Å². The van der Waals surface area contributed by atoms with Crippen LogP contribution in [-0.2, 0) is 12.0 Å². The van der Waals surface area contributed by atoms with Gasteiger partial charge in [-0.05, 0) is 57.9 Å². The van der Waals surface area contributed by atoms with Gasteiger partial charge in [-0.1, -0.05) is 136 Å². The average molecular weight is 593 g/mol. The third-order valence-corrected chi connectivity index (χ3v) is 8.20. The number of nitrogens with one attached hydrogen (secondary N) is 1. The summed E-state index contributed by atoms with van der Waals surface area (Å²) in [4.78, 5) is 8.28. The first-order chi connectivity index (χ1) is 21.9. The highest BCUT2D eigenvalue weighted by molar-refractivity contribution is 5.73. The maximum atomic E-state index is 6.41.